The van der Waals surface area contributed by atoms with Crippen LogP contribution in [0.2, 0.25) is 0 Å². The van der Waals surface area contributed by atoms with Gasteiger partial charge in [-0.25, -0.2) is 0 Å². The van der Waals surface area contributed by atoms with Crippen LogP contribution in [-0.4, -0.2) is 23.9 Å². The van der Waals surface area contributed by atoms with Gasteiger partial charge in [0.05, 0.1) is 12.1 Å². The summed E-state index contributed by atoms with van der Waals surface area (Å²) in [6.07, 6.45) is 1.79. The third-order valence-corrected chi connectivity index (χ3v) is 5.45. The summed E-state index contributed by atoms with van der Waals surface area (Å²) in [4.78, 5) is 16.6. The predicted octanol–water partition coefficient (Wildman–Crippen LogP) is 3.92. The van der Waals surface area contributed by atoms with Gasteiger partial charge in [-0.15, -0.1) is 29.3 Å². The molecule has 2 aromatic rings. The Morgan fingerprint density at radius 3 is 2.91 bits per heavy atom. The molecule has 0 bridgehead atoms. The van der Waals surface area contributed by atoms with Crippen molar-refractivity contribution in [1.29, 1.82) is 5.26 Å². The molecule has 2 heterocycles. The van der Waals surface area contributed by atoms with E-state index in [0.717, 1.165) is 10.4 Å². The van der Waals surface area contributed by atoms with Gasteiger partial charge in [-0.05, 0) is 30.9 Å². The van der Waals surface area contributed by atoms with E-state index in [1.807, 2.05) is 30.2 Å². The molecule has 2 aromatic heterocycles. The lowest BCUT2D eigenvalue weighted by Crippen LogP contribution is -2.32. The molecule has 0 aliphatic carbocycles. The highest BCUT2D eigenvalue weighted by molar-refractivity contribution is 7.16. The summed E-state index contributed by atoms with van der Waals surface area (Å²) in [5.41, 5.74) is 1.50. The average molecular weight is 345 g/mol. The Kier molecular flexibility index (Phi) is 6.11. The summed E-state index contributed by atoms with van der Waals surface area (Å²) in [5.74, 6) is -0.110. The number of hydrogen-bond donors (Lipinski definition) is 1. The molecule has 0 saturated carbocycles. The van der Waals surface area contributed by atoms with Crippen molar-refractivity contribution in [3.05, 3.63) is 51.0 Å². The minimum atomic E-state index is -0.110. The van der Waals surface area contributed by atoms with Gasteiger partial charge in [0.15, 0.2) is 0 Å². The van der Waals surface area contributed by atoms with Gasteiger partial charge in [0, 0.05) is 22.8 Å². The number of nitrogens with one attached hydrogen (secondary N) is 1. The standard InChI is InChI=1S/C17H19N3OS2/c1-4-7-20(10-14-6-5-8-22-14)11-16(21)19-17-15(9-18)12(2)13(3)23-17/h4-6,8H,1,7,10-11H2,2-3H3,(H,19,21). The molecule has 0 unspecified atom stereocenters. The molecule has 0 saturated heterocycles. The molecule has 0 spiro atoms. The molecule has 1 amide bonds. The van der Waals surface area contributed by atoms with Crippen molar-refractivity contribution < 1.29 is 4.79 Å². The maximum atomic E-state index is 12.3. The van der Waals surface area contributed by atoms with E-state index in [1.54, 1.807) is 17.4 Å². The molecule has 0 aromatic carbocycles. The number of amides is 1. The quantitative estimate of drug-likeness (QED) is 0.774. The van der Waals surface area contributed by atoms with Crippen molar-refractivity contribution in [1.82, 2.24) is 4.90 Å². The summed E-state index contributed by atoms with van der Waals surface area (Å²) < 4.78 is 0. The second-order valence-electron chi connectivity index (χ2n) is 5.19. The normalized spacial score (nSPS) is 10.5. The molecule has 0 radical (unpaired) electrons. The molecule has 1 N–H and O–H groups in total. The molecule has 0 aliphatic heterocycles. The summed E-state index contributed by atoms with van der Waals surface area (Å²) in [6.45, 7) is 9.23. The molecule has 6 heteroatoms. The third kappa shape index (κ3) is 4.52. The van der Waals surface area contributed by atoms with Crippen LogP contribution >= 0.6 is 22.7 Å². The Bertz CT molecular complexity index is 726. The highest BCUT2D eigenvalue weighted by Gasteiger charge is 2.16. The van der Waals surface area contributed by atoms with Gasteiger partial charge < -0.3 is 5.32 Å². The largest absolute Gasteiger partial charge is 0.315 e. The predicted molar refractivity (Wildman–Crippen MR) is 96.9 cm³/mol. The van der Waals surface area contributed by atoms with E-state index in [4.69, 9.17) is 0 Å². The van der Waals surface area contributed by atoms with Crippen molar-refractivity contribution >= 4 is 33.6 Å². The molecule has 0 aliphatic rings. The van der Waals surface area contributed by atoms with Gasteiger partial charge in [-0.1, -0.05) is 12.1 Å². The fourth-order valence-corrected chi connectivity index (χ4v) is 3.98. The lowest BCUT2D eigenvalue weighted by atomic mass is 10.2. The van der Waals surface area contributed by atoms with Gasteiger partial charge in [0.1, 0.15) is 11.1 Å². The van der Waals surface area contributed by atoms with E-state index in [2.05, 4.69) is 24.0 Å². The lowest BCUT2D eigenvalue weighted by molar-refractivity contribution is -0.117. The van der Waals surface area contributed by atoms with Crippen LogP contribution in [0.25, 0.3) is 0 Å². The number of carbonyl (C=O) groups excluding carboxylic acids is 1. The topological polar surface area (TPSA) is 56.1 Å². The van der Waals surface area contributed by atoms with Crippen molar-refractivity contribution in [2.75, 3.05) is 18.4 Å². The van der Waals surface area contributed by atoms with Crippen LogP contribution in [0.15, 0.2) is 30.2 Å². The molecular weight excluding hydrogens is 326 g/mol. The van der Waals surface area contributed by atoms with Crippen LogP contribution in [0, 0.1) is 25.2 Å². The molecule has 23 heavy (non-hydrogen) atoms. The molecule has 0 atom stereocenters. The molecular formula is C17H19N3OS2. The van der Waals surface area contributed by atoms with Crippen molar-refractivity contribution in [3.63, 3.8) is 0 Å². The summed E-state index contributed by atoms with van der Waals surface area (Å²) >= 11 is 3.12. The number of aryl methyl sites for hydroxylation is 1. The number of anilines is 1. The Hall–Kier alpha value is -1.94. The van der Waals surface area contributed by atoms with Crippen LogP contribution in [0.4, 0.5) is 5.00 Å². The molecule has 4 nitrogen and oxygen atoms in total. The zero-order chi connectivity index (χ0) is 16.8. The molecule has 2 rings (SSSR count). The fraction of sp³-hybridized carbons (Fsp3) is 0.294. The third-order valence-electron chi connectivity index (χ3n) is 3.46. The van der Waals surface area contributed by atoms with Crippen LogP contribution in [0.3, 0.4) is 0 Å². The van der Waals surface area contributed by atoms with Gasteiger partial charge in [-0.3, -0.25) is 9.69 Å². The second kappa shape index (κ2) is 8.06. The van der Waals surface area contributed by atoms with Crippen molar-refractivity contribution in [3.8, 4) is 6.07 Å². The number of rotatable bonds is 7. The first-order chi connectivity index (χ1) is 11.0. The van der Waals surface area contributed by atoms with E-state index in [9.17, 15) is 10.1 Å². The second-order valence-corrected chi connectivity index (χ2v) is 7.44. The summed E-state index contributed by atoms with van der Waals surface area (Å²) in [7, 11) is 0. The average Bonchev–Trinajstić information content (AvgIpc) is 3.08. The number of nitriles is 1. The first-order valence-corrected chi connectivity index (χ1v) is 8.90. The summed E-state index contributed by atoms with van der Waals surface area (Å²) in [6, 6.07) is 6.23. The van der Waals surface area contributed by atoms with Crippen molar-refractivity contribution in [2.45, 2.75) is 20.4 Å². The van der Waals surface area contributed by atoms with Crippen molar-refractivity contribution in [2.24, 2.45) is 0 Å². The van der Waals surface area contributed by atoms with E-state index in [1.165, 1.54) is 16.2 Å². The first-order valence-electron chi connectivity index (χ1n) is 7.20. The maximum absolute atomic E-state index is 12.3. The lowest BCUT2D eigenvalue weighted by Gasteiger charge is -2.19. The smallest absolute Gasteiger partial charge is 0.239 e. The Morgan fingerprint density at radius 1 is 1.52 bits per heavy atom. The monoisotopic (exact) mass is 345 g/mol. The minimum absolute atomic E-state index is 0.110. The van der Waals surface area contributed by atoms with Crippen LogP contribution in [-0.2, 0) is 11.3 Å². The highest BCUT2D eigenvalue weighted by Crippen LogP contribution is 2.31. The van der Waals surface area contributed by atoms with Crippen LogP contribution < -0.4 is 5.32 Å². The van der Waals surface area contributed by atoms with Crippen LogP contribution in [0.5, 0.6) is 0 Å². The van der Waals surface area contributed by atoms with Crippen LogP contribution in [0.1, 0.15) is 20.9 Å². The Morgan fingerprint density at radius 2 is 2.30 bits per heavy atom. The first kappa shape index (κ1) is 17.4. The zero-order valence-electron chi connectivity index (χ0n) is 13.3. The Labute approximate surface area is 144 Å². The zero-order valence-corrected chi connectivity index (χ0v) is 14.9. The summed E-state index contributed by atoms with van der Waals surface area (Å²) in [5, 5.41) is 14.8. The van der Waals surface area contributed by atoms with E-state index >= 15 is 0 Å². The van der Waals surface area contributed by atoms with E-state index in [-0.39, 0.29) is 12.5 Å². The minimum Gasteiger partial charge on any atom is -0.315 e. The number of thiophene rings is 2. The maximum Gasteiger partial charge on any atom is 0.239 e. The molecule has 120 valence electrons. The fourth-order valence-electron chi connectivity index (χ4n) is 2.21. The van der Waals surface area contributed by atoms with Gasteiger partial charge in [-0.2, -0.15) is 5.26 Å². The van der Waals surface area contributed by atoms with Gasteiger partial charge >= 0.3 is 0 Å². The highest BCUT2D eigenvalue weighted by atomic mass is 32.1. The SMILES string of the molecule is C=CCN(CC(=O)Nc1sc(C)c(C)c1C#N)Cc1cccs1. The van der Waals surface area contributed by atoms with Gasteiger partial charge in [0.2, 0.25) is 5.91 Å². The number of carbonyl (C=O) groups is 1. The van der Waals surface area contributed by atoms with E-state index in [0.29, 0.717) is 23.7 Å². The number of nitrogens with zero attached hydrogens (tertiary/aromatic N) is 2. The Balaban J connectivity index is 2.03. The van der Waals surface area contributed by atoms with Gasteiger partial charge in [0.25, 0.3) is 0 Å². The number of hydrogen-bond acceptors (Lipinski definition) is 5. The van der Waals surface area contributed by atoms with E-state index < -0.39 is 0 Å². The molecule has 0 fully saturated rings.